The molecule has 0 bridgehead atoms. The second-order valence-corrected chi connectivity index (χ2v) is 6.91. The Labute approximate surface area is 182 Å². The Morgan fingerprint density at radius 1 is 1.19 bits per heavy atom. The first-order chi connectivity index (χ1) is 15.5. The number of benzene rings is 2. The predicted molar refractivity (Wildman–Crippen MR) is 116 cm³/mol. The van der Waals surface area contributed by atoms with Gasteiger partial charge in [0.1, 0.15) is 12.3 Å². The summed E-state index contributed by atoms with van der Waals surface area (Å²) in [5.41, 5.74) is 3.07. The van der Waals surface area contributed by atoms with Crippen LogP contribution in [0.4, 0.5) is 11.4 Å². The van der Waals surface area contributed by atoms with Gasteiger partial charge in [-0.25, -0.2) is 0 Å². The Bertz CT molecular complexity index is 1350. The number of aryl methyl sites for hydroxylation is 1. The summed E-state index contributed by atoms with van der Waals surface area (Å²) in [5, 5.41) is 29.4. The fraction of sp³-hybridized carbons (Fsp3) is 0.143. The van der Waals surface area contributed by atoms with Gasteiger partial charge in [0.25, 0.3) is 5.91 Å². The summed E-state index contributed by atoms with van der Waals surface area (Å²) in [4.78, 5) is 24.9. The number of amides is 2. The van der Waals surface area contributed by atoms with Crippen LogP contribution in [0.25, 0.3) is 22.3 Å². The van der Waals surface area contributed by atoms with E-state index in [0.29, 0.717) is 28.2 Å². The number of carbonyl (C=O) groups is 2. The molecule has 2 aromatic heterocycles. The minimum absolute atomic E-state index is 0.0495. The van der Waals surface area contributed by atoms with Crippen molar-refractivity contribution in [3.05, 3.63) is 53.7 Å². The molecule has 0 aliphatic rings. The van der Waals surface area contributed by atoms with E-state index in [1.807, 2.05) is 6.07 Å². The first kappa shape index (κ1) is 20.7. The molecule has 0 fully saturated rings. The number of fused-ring (bicyclic) bond motifs is 1. The molecule has 2 aromatic carbocycles. The molecule has 4 aromatic rings. The SMILES string of the molecule is COCC(=O)Nc1ccc2cc(C(=O)Nc3ccc(C#N)cc3-c3nn[nH]n3)n(C)c2c1. The maximum atomic E-state index is 13.1. The minimum Gasteiger partial charge on any atom is -0.375 e. The number of methoxy groups -OCH3 is 1. The van der Waals surface area contributed by atoms with E-state index in [1.165, 1.54) is 7.11 Å². The first-order valence-corrected chi connectivity index (χ1v) is 9.47. The van der Waals surface area contributed by atoms with E-state index < -0.39 is 0 Å². The molecule has 0 saturated carbocycles. The smallest absolute Gasteiger partial charge is 0.272 e. The molecular formula is C21H18N8O3. The van der Waals surface area contributed by atoms with Crippen molar-refractivity contribution in [2.24, 2.45) is 7.05 Å². The number of hydrogen-bond donors (Lipinski definition) is 3. The van der Waals surface area contributed by atoms with Crippen molar-refractivity contribution in [2.45, 2.75) is 0 Å². The van der Waals surface area contributed by atoms with Crippen LogP contribution in [0.3, 0.4) is 0 Å². The number of ether oxygens (including phenoxy) is 1. The third-order valence-corrected chi connectivity index (χ3v) is 4.82. The van der Waals surface area contributed by atoms with Gasteiger partial charge in [0.2, 0.25) is 11.7 Å². The maximum Gasteiger partial charge on any atom is 0.272 e. The quantitative estimate of drug-likeness (QED) is 0.423. The van der Waals surface area contributed by atoms with Gasteiger partial charge < -0.3 is 19.9 Å². The minimum atomic E-state index is -0.358. The molecule has 0 aliphatic heterocycles. The second kappa shape index (κ2) is 8.66. The Morgan fingerprint density at radius 2 is 2.03 bits per heavy atom. The van der Waals surface area contributed by atoms with Crippen LogP contribution in [0.5, 0.6) is 0 Å². The van der Waals surface area contributed by atoms with Crippen LogP contribution in [0.15, 0.2) is 42.5 Å². The number of anilines is 2. The van der Waals surface area contributed by atoms with Crippen LogP contribution >= 0.6 is 0 Å². The van der Waals surface area contributed by atoms with Crippen LogP contribution in [0.2, 0.25) is 0 Å². The van der Waals surface area contributed by atoms with E-state index in [2.05, 4.69) is 37.3 Å². The zero-order valence-electron chi connectivity index (χ0n) is 17.2. The van der Waals surface area contributed by atoms with Crippen molar-refractivity contribution in [2.75, 3.05) is 24.4 Å². The highest BCUT2D eigenvalue weighted by atomic mass is 16.5. The average molecular weight is 430 g/mol. The lowest BCUT2D eigenvalue weighted by atomic mass is 10.1. The molecule has 0 atom stereocenters. The number of rotatable bonds is 6. The van der Waals surface area contributed by atoms with E-state index in [9.17, 15) is 14.9 Å². The molecule has 2 amide bonds. The van der Waals surface area contributed by atoms with Gasteiger partial charge in [-0.3, -0.25) is 9.59 Å². The van der Waals surface area contributed by atoms with Crippen LogP contribution in [-0.4, -0.2) is 50.7 Å². The molecule has 4 rings (SSSR count). The highest BCUT2D eigenvalue weighted by Gasteiger charge is 2.18. The van der Waals surface area contributed by atoms with Gasteiger partial charge in [0, 0.05) is 30.8 Å². The van der Waals surface area contributed by atoms with Gasteiger partial charge >= 0.3 is 0 Å². The van der Waals surface area contributed by atoms with E-state index in [-0.39, 0.29) is 24.2 Å². The highest BCUT2D eigenvalue weighted by Crippen LogP contribution is 2.28. The zero-order chi connectivity index (χ0) is 22.7. The number of tetrazole rings is 1. The van der Waals surface area contributed by atoms with Crippen LogP contribution in [-0.2, 0) is 16.6 Å². The van der Waals surface area contributed by atoms with Gasteiger partial charge in [-0.05, 0) is 41.6 Å². The summed E-state index contributed by atoms with van der Waals surface area (Å²) in [6, 6.07) is 14.0. The van der Waals surface area contributed by atoms with Crippen molar-refractivity contribution in [3.63, 3.8) is 0 Å². The summed E-state index contributed by atoms with van der Waals surface area (Å²) in [7, 11) is 3.21. The largest absolute Gasteiger partial charge is 0.375 e. The number of hydrogen-bond acceptors (Lipinski definition) is 7. The topological polar surface area (TPSA) is 151 Å². The number of nitrogens with zero attached hydrogens (tertiary/aromatic N) is 5. The standard InChI is InChI=1S/C21H18N8O3/c1-29-17-9-14(23-19(30)11-32-2)5-4-13(17)8-18(29)21(31)24-16-6-3-12(10-22)7-15(16)20-25-27-28-26-20/h3-9H,11H2,1-2H3,(H,23,30)(H,24,31)(H,25,26,27,28). The molecule has 3 N–H and O–H groups in total. The Balaban J connectivity index is 1.64. The number of nitrogens with one attached hydrogen (secondary N) is 3. The average Bonchev–Trinajstić information content (AvgIpc) is 3.43. The van der Waals surface area contributed by atoms with E-state index in [4.69, 9.17) is 4.74 Å². The second-order valence-electron chi connectivity index (χ2n) is 6.91. The van der Waals surface area contributed by atoms with Crippen molar-refractivity contribution in [3.8, 4) is 17.5 Å². The molecule has 0 saturated heterocycles. The fourth-order valence-corrected chi connectivity index (χ4v) is 3.32. The summed E-state index contributed by atoms with van der Waals surface area (Å²) < 4.78 is 6.56. The third-order valence-electron chi connectivity index (χ3n) is 4.82. The summed E-state index contributed by atoms with van der Waals surface area (Å²) in [5.74, 6) is -0.372. The normalized spacial score (nSPS) is 10.7. The molecule has 0 aliphatic carbocycles. The predicted octanol–water partition coefficient (Wildman–Crippen LogP) is 2.07. The highest BCUT2D eigenvalue weighted by molar-refractivity contribution is 6.08. The molecule has 0 spiro atoms. The lowest BCUT2D eigenvalue weighted by Crippen LogP contribution is -2.17. The number of carbonyl (C=O) groups excluding carboxylic acids is 2. The number of aromatic nitrogens is 5. The summed E-state index contributed by atoms with van der Waals surface area (Å²) in [6.45, 7) is -0.0495. The summed E-state index contributed by atoms with van der Waals surface area (Å²) in [6.07, 6.45) is 0. The first-order valence-electron chi connectivity index (χ1n) is 9.47. The molecular weight excluding hydrogens is 412 g/mol. The van der Waals surface area contributed by atoms with Gasteiger partial charge in [0.15, 0.2) is 0 Å². The van der Waals surface area contributed by atoms with Crippen LogP contribution < -0.4 is 10.6 Å². The Hall–Kier alpha value is -4.56. The van der Waals surface area contributed by atoms with Crippen LogP contribution in [0.1, 0.15) is 16.1 Å². The van der Waals surface area contributed by atoms with Crippen LogP contribution in [0, 0.1) is 11.3 Å². The number of H-pyrrole nitrogens is 1. The monoisotopic (exact) mass is 430 g/mol. The van der Waals surface area contributed by atoms with Gasteiger partial charge in [0.05, 0.1) is 22.8 Å². The zero-order valence-corrected chi connectivity index (χ0v) is 17.2. The number of nitriles is 1. The van der Waals surface area contributed by atoms with E-state index in [0.717, 1.165) is 10.9 Å². The van der Waals surface area contributed by atoms with E-state index in [1.54, 1.807) is 48.0 Å². The fourth-order valence-electron chi connectivity index (χ4n) is 3.32. The van der Waals surface area contributed by atoms with Gasteiger partial charge in [-0.2, -0.15) is 10.5 Å². The molecule has 0 unspecified atom stereocenters. The van der Waals surface area contributed by atoms with Gasteiger partial charge in [-0.1, -0.05) is 6.07 Å². The molecule has 2 heterocycles. The maximum absolute atomic E-state index is 13.1. The Kier molecular flexibility index (Phi) is 5.61. The lowest BCUT2D eigenvalue weighted by Gasteiger charge is -2.10. The van der Waals surface area contributed by atoms with Crippen molar-refractivity contribution in [1.82, 2.24) is 25.2 Å². The van der Waals surface area contributed by atoms with Crippen molar-refractivity contribution < 1.29 is 14.3 Å². The molecule has 11 heteroatoms. The molecule has 0 radical (unpaired) electrons. The van der Waals surface area contributed by atoms with Crippen molar-refractivity contribution >= 4 is 34.1 Å². The summed E-state index contributed by atoms with van der Waals surface area (Å²) >= 11 is 0. The molecule has 160 valence electrons. The molecule has 32 heavy (non-hydrogen) atoms. The van der Waals surface area contributed by atoms with E-state index >= 15 is 0 Å². The third kappa shape index (κ3) is 4.03. The number of aromatic amines is 1. The van der Waals surface area contributed by atoms with Gasteiger partial charge in [-0.15, -0.1) is 10.2 Å². The van der Waals surface area contributed by atoms with Crippen molar-refractivity contribution in [1.29, 1.82) is 5.26 Å². The lowest BCUT2D eigenvalue weighted by molar-refractivity contribution is -0.119. The Morgan fingerprint density at radius 3 is 2.75 bits per heavy atom. The molecule has 11 nitrogen and oxygen atoms in total.